The minimum atomic E-state index is -0.129. The summed E-state index contributed by atoms with van der Waals surface area (Å²) in [5, 5.41) is 12.1. The van der Waals surface area contributed by atoms with Gasteiger partial charge in [-0.1, -0.05) is 12.1 Å². The third-order valence-electron chi connectivity index (χ3n) is 2.65. The third-order valence-corrected chi connectivity index (χ3v) is 2.65. The molecular formula is C15H15NO3. The van der Waals surface area contributed by atoms with Crippen molar-refractivity contribution in [2.75, 3.05) is 12.4 Å². The van der Waals surface area contributed by atoms with Crippen LogP contribution in [0.2, 0.25) is 0 Å². The lowest BCUT2D eigenvalue weighted by molar-refractivity contribution is -0.115. The van der Waals surface area contributed by atoms with Crippen molar-refractivity contribution in [3.8, 4) is 11.5 Å². The molecule has 0 aliphatic rings. The SMILES string of the molecule is COc1ccc(NC(=O)Cc2cccc(O)c2)cc1. The van der Waals surface area contributed by atoms with Crippen molar-refractivity contribution in [3.05, 3.63) is 54.1 Å². The fourth-order valence-electron chi connectivity index (χ4n) is 1.73. The molecule has 0 unspecified atom stereocenters. The highest BCUT2D eigenvalue weighted by atomic mass is 16.5. The molecule has 2 aromatic carbocycles. The van der Waals surface area contributed by atoms with Crippen molar-refractivity contribution in [3.63, 3.8) is 0 Å². The summed E-state index contributed by atoms with van der Waals surface area (Å²) in [5.41, 5.74) is 1.48. The zero-order valence-corrected chi connectivity index (χ0v) is 10.6. The van der Waals surface area contributed by atoms with Crippen molar-refractivity contribution in [2.45, 2.75) is 6.42 Å². The molecule has 2 aromatic rings. The monoisotopic (exact) mass is 257 g/mol. The molecule has 0 atom stereocenters. The van der Waals surface area contributed by atoms with Crippen LogP contribution in [0.3, 0.4) is 0 Å². The van der Waals surface area contributed by atoms with Crippen molar-refractivity contribution >= 4 is 11.6 Å². The second-order valence-corrected chi connectivity index (χ2v) is 4.12. The van der Waals surface area contributed by atoms with Gasteiger partial charge in [0.05, 0.1) is 13.5 Å². The number of nitrogens with one attached hydrogen (secondary N) is 1. The molecule has 4 heteroatoms. The number of hydrogen-bond donors (Lipinski definition) is 2. The van der Waals surface area contributed by atoms with Gasteiger partial charge in [0, 0.05) is 5.69 Å². The lowest BCUT2D eigenvalue weighted by Crippen LogP contribution is -2.14. The lowest BCUT2D eigenvalue weighted by Gasteiger charge is -2.06. The van der Waals surface area contributed by atoms with E-state index >= 15 is 0 Å². The van der Waals surface area contributed by atoms with Crippen LogP contribution in [0.5, 0.6) is 11.5 Å². The molecule has 0 spiro atoms. The fourth-order valence-corrected chi connectivity index (χ4v) is 1.73. The van der Waals surface area contributed by atoms with Gasteiger partial charge in [-0.15, -0.1) is 0 Å². The van der Waals surface area contributed by atoms with E-state index in [1.807, 2.05) is 0 Å². The predicted octanol–water partition coefficient (Wildman–Crippen LogP) is 2.58. The number of phenolic OH excluding ortho intramolecular Hbond substituents is 1. The van der Waals surface area contributed by atoms with E-state index in [9.17, 15) is 9.90 Å². The van der Waals surface area contributed by atoms with E-state index in [4.69, 9.17) is 4.74 Å². The van der Waals surface area contributed by atoms with Gasteiger partial charge in [-0.25, -0.2) is 0 Å². The first-order chi connectivity index (χ1) is 9.17. The molecule has 0 bridgehead atoms. The van der Waals surface area contributed by atoms with E-state index < -0.39 is 0 Å². The Morgan fingerprint density at radius 1 is 1.21 bits per heavy atom. The molecule has 0 aliphatic carbocycles. The van der Waals surface area contributed by atoms with Crippen LogP contribution in [0.4, 0.5) is 5.69 Å². The number of carbonyl (C=O) groups is 1. The molecule has 0 aliphatic heterocycles. The van der Waals surface area contributed by atoms with Crippen molar-refractivity contribution in [1.82, 2.24) is 0 Å². The van der Waals surface area contributed by atoms with Crippen molar-refractivity contribution in [2.24, 2.45) is 0 Å². The standard InChI is InChI=1S/C15H15NO3/c1-19-14-7-5-12(6-8-14)16-15(18)10-11-3-2-4-13(17)9-11/h2-9,17H,10H2,1H3,(H,16,18). The number of anilines is 1. The summed E-state index contributed by atoms with van der Waals surface area (Å²) in [4.78, 5) is 11.8. The first-order valence-corrected chi connectivity index (χ1v) is 5.89. The molecule has 0 aromatic heterocycles. The van der Waals surface area contributed by atoms with E-state index in [-0.39, 0.29) is 18.1 Å². The van der Waals surface area contributed by atoms with Crippen LogP contribution in [0.1, 0.15) is 5.56 Å². The summed E-state index contributed by atoms with van der Waals surface area (Å²) in [6, 6.07) is 13.8. The summed E-state index contributed by atoms with van der Waals surface area (Å²) in [6.45, 7) is 0. The summed E-state index contributed by atoms with van der Waals surface area (Å²) in [5.74, 6) is 0.775. The Bertz CT molecular complexity index is 564. The second-order valence-electron chi connectivity index (χ2n) is 4.12. The number of ether oxygens (including phenoxy) is 1. The van der Waals surface area contributed by atoms with E-state index in [2.05, 4.69) is 5.32 Å². The first kappa shape index (κ1) is 13.0. The van der Waals surface area contributed by atoms with Gasteiger partial charge in [-0.2, -0.15) is 0 Å². The van der Waals surface area contributed by atoms with Gasteiger partial charge in [-0.3, -0.25) is 4.79 Å². The number of hydrogen-bond acceptors (Lipinski definition) is 3. The molecule has 0 radical (unpaired) electrons. The largest absolute Gasteiger partial charge is 0.508 e. The Hall–Kier alpha value is -2.49. The predicted molar refractivity (Wildman–Crippen MR) is 73.4 cm³/mol. The minimum absolute atomic E-state index is 0.129. The van der Waals surface area contributed by atoms with E-state index in [1.165, 1.54) is 0 Å². The molecule has 2 rings (SSSR count). The minimum Gasteiger partial charge on any atom is -0.508 e. The maximum Gasteiger partial charge on any atom is 0.228 e. The lowest BCUT2D eigenvalue weighted by atomic mass is 10.1. The van der Waals surface area contributed by atoms with Gasteiger partial charge in [0.25, 0.3) is 0 Å². The Morgan fingerprint density at radius 3 is 2.58 bits per heavy atom. The van der Waals surface area contributed by atoms with Crippen LogP contribution >= 0.6 is 0 Å². The number of rotatable bonds is 4. The number of aromatic hydroxyl groups is 1. The first-order valence-electron chi connectivity index (χ1n) is 5.89. The maximum absolute atomic E-state index is 11.8. The Morgan fingerprint density at radius 2 is 1.95 bits per heavy atom. The number of methoxy groups -OCH3 is 1. The van der Waals surface area contributed by atoms with Gasteiger partial charge in [0.1, 0.15) is 11.5 Å². The van der Waals surface area contributed by atoms with Crippen LogP contribution in [0.25, 0.3) is 0 Å². The maximum atomic E-state index is 11.8. The summed E-state index contributed by atoms with van der Waals surface area (Å²) in [6.07, 6.45) is 0.223. The zero-order valence-electron chi connectivity index (χ0n) is 10.6. The molecule has 0 saturated heterocycles. The smallest absolute Gasteiger partial charge is 0.228 e. The number of amides is 1. The highest BCUT2D eigenvalue weighted by Gasteiger charge is 2.04. The Labute approximate surface area is 111 Å². The number of benzene rings is 2. The quantitative estimate of drug-likeness (QED) is 0.885. The molecule has 1 amide bonds. The van der Waals surface area contributed by atoms with E-state index in [1.54, 1.807) is 55.6 Å². The van der Waals surface area contributed by atoms with Gasteiger partial charge in [0.2, 0.25) is 5.91 Å². The molecule has 0 saturated carbocycles. The van der Waals surface area contributed by atoms with Crippen LogP contribution in [0, 0.1) is 0 Å². The normalized spacial score (nSPS) is 9.95. The van der Waals surface area contributed by atoms with Gasteiger partial charge < -0.3 is 15.2 Å². The molecule has 98 valence electrons. The third kappa shape index (κ3) is 3.74. The molecule has 19 heavy (non-hydrogen) atoms. The molecular weight excluding hydrogens is 242 g/mol. The fraction of sp³-hybridized carbons (Fsp3) is 0.133. The van der Waals surface area contributed by atoms with E-state index in [0.717, 1.165) is 11.3 Å². The van der Waals surface area contributed by atoms with Crippen molar-refractivity contribution in [1.29, 1.82) is 0 Å². The number of carbonyl (C=O) groups excluding carboxylic acids is 1. The highest BCUT2D eigenvalue weighted by Crippen LogP contribution is 2.16. The highest BCUT2D eigenvalue weighted by molar-refractivity contribution is 5.92. The molecule has 2 N–H and O–H groups in total. The number of phenols is 1. The van der Waals surface area contributed by atoms with Gasteiger partial charge in [-0.05, 0) is 42.0 Å². The zero-order chi connectivity index (χ0) is 13.7. The van der Waals surface area contributed by atoms with Gasteiger partial charge in [0.15, 0.2) is 0 Å². The Balaban J connectivity index is 1.97. The summed E-state index contributed by atoms with van der Waals surface area (Å²) >= 11 is 0. The van der Waals surface area contributed by atoms with Crippen LogP contribution in [0.15, 0.2) is 48.5 Å². The average molecular weight is 257 g/mol. The van der Waals surface area contributed by atoms with Crippen LogP contribution < -0.4 is 10.1 Å². The van der Waals surface area contributed by atoms with Gasteiger partial charge >= 0.3 is 0 Å². The molecule has 4 nitrogen and oxygen atoms in total. The summed E-state index contributed by atoms with van der Waals surface area (Å²) < 4.78 is 5.04. The van der Waals surface area contributed by atoms with E-state index in [0.29, 0.717) is 5.69 Å². The molecule has 0 fully saturated rings. The second kappa shape index (κ2) is 5.91. The summed E-state index contributed by atoms with van der Waals surface area (Å²) in [7, 11) is 1.59. The van der Waals surface area contributed by atoms with Crippen LogP contribution in [-0.2, 0) is 11.2 Å². The van der Waals surface area contributed by atoms with Crippen molar-refractivity contribution < 1.29 is 14.6 Å². The van der Waals surface area contributed by atoms with Crippen LogP contribution in [-0.4, -0.2) is 18.1 Å². The average Bonchev–Trinajstić information content (AvgIpc) is 2.39. The molecule has 0 heterocycles. The Kier molecular flexibility index (Phi) is 4.03. The topological polar surface area (TPSA) is 58.6 Å².